The van der Waals surface area contributed by atoms with Crippen molar-refractivity contribution in [2.24, 2.45) is 4.99 Å². The number of aryl methyl sites for hydroxylation is 2. The maximum atomic E-state index is 13.7. The number of ether oxygens (including phenoxy) is 1. The summed E-state index contributed by atoms with van der Waals surface area (Å²) < 4.78 is 6.11. The molecule has 200 valence electrons. The lowest BCUT2D eigenvalue weighted by molar-refractivity contribution is -0.139. The Kier molecular flexibility index (Phi) is 9.43. The molecular weight excluding hydrogens is 576 g/mol. The summed E-state index contributed by atoms with van der Waals surface area (Å²) in [6.45, 7) is 7.54. The highest BCUT2D eigenvalue weighted by Gasteiger charge is 2.35. The molecular formula is C31H29BrN2O4S. The Morgan fingerprint density at radius 3 is 2.31 bits per heavy atom. The molecule has 3 aromatic carbocycles. The normalized spacial score (nSPS) is 15.3. The second-order valence-corrected chi connectivity index (χ2v) is 10.7. The van der Waals surface area contributed by atoms with E-state index in [2.05, 4.69) is 36.4 Å². The van der Waals surface area contributed by atoms with Crippen molar-refractivity contribution in [3.8, 4) is 5.75 Å². The van der Waals surface area contributed by atoms with Gasteiger partial charge >= 0.3 is 5.97 Å². The van der Waals surface area contributed by atoms with Gasteiger partial charge in [-0.3, -0.25) is 9.69 Å². The number of carboxylic acid groups (broad SMARTS) is 1. The summed E-state index contributed by atoms with van der Waals surface area (Å²) in [5.74, 6) is -0.783. The Balaban J connectivity index is 1.74. The smallest absolute Gasteiger partial charge is 0.341 e. The van der Waals surface area contributed by atoms with Crippen molar-refractivity contribution in [2.45, 2.75) is 33.1 Å². The number of anilines is 1. The Morgan fingerprint density at radius 2 is 1.72 bits per heavy atom. The van der Waals surface area contributed by atoms with Crippen molar-refractivity contribution in [1.82, 2.24) is 0 Å². The molecule has 1 saturated heterocycles. The number of aliphatic carboxylic acids is 1. The van der Waals surface area contributed by atoms with Crippen LogP contribution in [0.25, 0.3) is 6.08 Å². The molecule has 3 aromatic rings. The molecule has 1 N–H and O–H groups in total. The number of amidine groups is 1. The summed E-state index contributed by atoms with van der Waals surface area (Å²) in [7, 11) is 0. The third-order valence-corrected chi connectivity index (χ3v) is 7.68. The number of carbonyl (C=O) groups is 2. The average molecular weight is 606 g/mol. The largest absolute Gasteiger partial charge is 0.480 e. The van der Waals surface area contributed by atoms with E-state index >= 15 is 0 Å². The summed E-state index contributed by atoms with van der Waals surface area (Å²) in [5.41, 5.74) is 5.47. The van der Waals surface area contributed by atoms with Gasteiger partial charge in [0.05, 0.1) is 20.8 Å². The van der Waals surface area contributed by atoms with E-state index in [4.69, 9.17) is 14.8 Å². The Morgan fingerprint density at radius 1 is 1.08 bits per heavy atom. The molecule has 39 heavy (non-hydrogen) atoms. The molecule has 6 nitrogen and oxygen atoms in total. The van der Waals surface area contributed by atoms with Crippen LogP contribution in [0.4, 0.5) is 11.4 Å². The first kappa shape index (κ1) is 28.4. The van der Waals surface area contributed by atoms with Gasteiger partial charge in [0.25, 0.3) is 5.91 Å². The molecule has 4 rings (SSSR count). The molecule has 0 spiro atoms. The molecule has 0 bridgehead atoms. The standard InChI is InChI=1S/C31H29BrN2O4S/c1-4-7-23-16-22(17-26(32)29(23)38-19-28(35)36)18-27-30(37)34(25-14-10-21(6-3)11-15-25)31(39-27)33-24-12-8-20(5-2)9-13-24/h4,8-18H,1,5-7,19H2,2-3H3,(H,35,36)/b27-18-,33-31?. The molecule has 1 aliphatic rings. The third-order valence-electron chi connectivity index (χ3n) is 6.12. The van der Waals surface area contributed by atoms with E-state index < -0.39 is 12.6 Å². The van der Waals surface area contributed by atoms with Gasteiger partial charge in [0.1, 0.15) is 5.75 Å². The maximum absolute atomic E-state index is 13.7. The lowest BCUT2D eigenvalue weighted by atomic mass is 10.1. The van der Waals surface area contributed by atoms with Crippen molar-refractivity contribution >= 4 is 62.2 Å². The van der Waals surface area contributed by atoms with E-state index in [0.717, 1.165) is 35.3 Å². The van der Waals surface area contributed by atoms with Gasteiger partial charge in [-0.05, 0) is 112 Å². The maximum Gasteiger partial charge on any atom is 0.341 e. The number of aliphatic imine (C=N–C) groups is 1. The minimum absolute atomic E-state index is 0.166. The topological polar surface area (TPSA) is 79.2 Å². The minimum Gasteiger partial charge on any atom is -0.480 e. The number of benzene rings is 3. The van der Waals surface area contributed by atoms with E-state index in [9.17, 15) is 9.59 Å². The molecule has 0 radical (unpaired) electrons. The van der Waals surface area contributed by atoms with E-state index in [0.29, 0.717) is 26.7 Å². The van der Waals surface area contributed by atoms with Crippen molar-refractivity contribution in [2.75, 3.05) is 11.5 Å². The van der Waals surface area contributed by atoms with Crippen LogP contribution in [0.3, 0.4) is 0 Å². The van der Waals surface area contributed by atoms with Crippen LogP contribution < -0.4 is 9.64 Å². The minimum atomic E-state index is -1.06. The number of hydrogen-bond acceptors (Lipinski definition) is 5. The molecule has 0 aliphatic carbocycles. The fourth-order valence-corrected chi connectivity index (χ4v) is 5.72. The monoisotopic (exact) mass is 604 g/mol. The number of rotatable bonds is 10. The Bertz CT molecular complexity index is 1450. The quantitative estimate of drug-likeness (QED) is 0.191. The molecule has 0 atom stereocenters. The van der Waals surface area contributed by atoms with Crippen LogP contribution in [0.1, 0.15) is 36.1 Å². The summed E-state index contributed by atoms with van der Waals surface area (Å²) in [5, 5.41) is 9.61. The van der Waals surface area contributed by atoms with Gasteiger partial charge in [0, 0.05) is 0 Å². The van der Waals surface area contributed by atoms with E-state index in [-0.39, 0.29) is 5.91 Å². The molecule has 0 aromatic heterocycles. The number of thioether (sulfide) groups is 1. The number of amides is 1. The summed E-state index contributed by atoms with van der Waals surface area (Å²) in [4.78, 5) is 31.8. The summed E-state index contributed by atoms with van der Waals surface area (Å²) in [6, 6.07) is 19.7. The van der Waals surface area contributed by atoms with Crippen LogP contribution >= 0.6 is 27.7 Å². The number of allylic oxidation sites excluding steroid dienone is 1. The lowest BCUT2D eigenvalue weighted by Crippen LogP contribution is -2.28. The van der Waals surface area contributed by atoms with Gasteiger partial charge in [-0.1, -0.05) is 44.2 Å². The Hall–Kier alpha value is -3.62. The number of nitrogens with zero attached hydrogens (tertiary/aromatic N) is 2. The zero-order valence-electron chi connectivity index (χ0n) is 21.8. The van der Waals surface area contributed by atoms with Crippen LogP contribution in [-0.4, -0.2) is 28.8 Å². The van der Waals surface area contributed by atoms with Gasteiger partial charge in [0.2, 0.25) is 0 Å². The number of carbonyl (C=O) groups excluding carboxylic acids is 1. The highest BCUT2D eigenvalue weighted by Crippen LogP contribution is 2.39. The highest BCUT2D eigenvalue weighted by molar-refractivity contribution is 9.10. The van der Waals surface area contributed by atoms with E-state index in [1.807, 2.05) is 66.7 Å². The molecule has 0 saturated carbocycles. The second kappa shape index (κ2) is 13.0. The van der Waals surface area contributed by atoms with Crippen molar-refractivity contribution in [3.63, 3.8) is 0 Å². The fourth-order valence-electron chi connectivity index (χ4n) is 4.08. The predicted octanol–water partition coefficient (Wildman–Crippen LogP) is 7.57. The van der Waals surface area contributed by atoms with Crippen LogP contribution in [0.5, 0.6) is 5.75 Å². The molecule has 1 amide bonds. The second-order valence-electron chi connectivity index (χ2n) is 8.85. The first-order chi connectivity index (χ1) is 18.8. The van der Waals surface area contributed by atoms with Crippen molar-refractivity contribution in [1.29, 1.82) is 0 Å². The molecule has 1 aliphatic heterocycles. The van der Waals surface area contributed by atoms with Gasteiger partial charge in [-0.25, -0.2) is 9.79 Å². The average Bonchev–Trinajstić information content (AvgIpc) is 3.22. The fraction of sp³-hybridized carbons (Fsp3) is 0.194. The number of halogens is 1. The highest BCUT2D eigenvalue weighted by atomic mass is 79.9. The van der Waals surface area contributed by atoms with Crippen LogP contribution in [0.15, 0.2) is 87.7 Å². The zero-order chi connectivity index (χ0) is 27.9. The van der Waals surface area contributed by atoms with E-state index in [1.54, 1.807) is 11.0 Å². The summed E-state index contributed by atoms with van der Waals surface area (Å²) >= 11 is 4.82. The summed E-state index contributed by atoms with van der Waals surface area (Å²) in [6.07, 6.45) is 5.87. The first-order valence-corrected chi connectivity index (χ1v) is 14.2. The van der Waals surface area contributed by atoms with Crippen LogP contribution in [0, 0.1) is 0 Å². The van der Waals surface area contributed by atoms with Gasteiger partial charge in [-0.2, -0.15) is 0 Å². The van der Waals surface area contributed by atoms with Crippen LogP contribution in [0.2, 0.25) is 0 Å². The van der Waals surface area contributed by atoms with Gasteiger partial charge in [0.15, 0.2) is 11.8 Å². The molecule has 8 heteroatoms. The third kappa shape index (κ3) is 6.88. The predicted molar refractivity (Wildman–Crippen MR) is 163 cm³/mol. The van der Waals surface area contributed by atoms with Gasteiger partial charge in [-0.15, -0.1) is 6.58 Å². The number of carboxylic acids is 1. The van der Waals surface area contributed by atoms with Crippen molar-refractivity contribution in [3.05, 3.63) is 105 Å². The first-order valence-electron chi connectivity index (χ1n) is 12.6. The Labute approximate surface area is 241 Å². The molecule has 1 fully saturated rings. The molecule has 1 heterocycles. The van der Waals surface area contributed by atoms with Crippen molar-refractivity contribution < 1.29 is 19.4 Å². The van der Waals surface area contributed by atoms with E-state index in [1.165, 1.54) is 22.9 Å². The van der Waals surface area contributed by atoms with Gasteiger partial charge < -0.3 is 9.84 Å². The lowest BCUT2D eigenvalue weighted by Gasteiger charge is -2.16. The van der Waals surface area contributed by atoms with Crippen LogP contribution in [-0.2, 0) is 28.9 Å². The SMILES string of the molecule is C=CCc1cc(/C=C2\SC(=Nc3ccc(CC)cc3)N(c3ccc(CC)cc3)C2=O)cc(Br)c1OCC(=O)O. The number of hydrogen-bond donors (Lipinski definition) is 1. The molecule has 0 unspecified atom stereocenters. The zero-order valence-corrected chi connectivity index (χ0v) is 24.2.